The summed E-state index contributed by atoms with van der Waals surface area (Å²) in [6.45, 7) is 11.2. The highest BCUT2D eigenvalue weighted by Gasteiger charge is 2.16. The van der Waals surface area contributed by atoms with Crippen molar-refractivity contribution >= 4 is 11.5 Å². The molecule has 1 aromatic carbocycles. The predicted molar refractivity (Wildman–Crippen MR) is 79.5 cm³/mol. The van der Waals surface area contributed by atoms with Crippen molar-refractivity contribution in [3.8, 4) is 11.5 Å². The van der Waals surface area contributed by atoms with Gasteiger partial charge in [0.1, 0.15) is 5.84 Å². The van der Waals surface area contributed by atoms with Gasteiger partial charge < -0.3 is 15.2 Å². The van der Waals surface area contributed by atoms with E-state index in [2.05, 4.69) is 4.99 Å². The SMILES string of the molecule is CCOc1ccc(N=C(N)C(C)(C)C)cc1OCC. The zero-order valence-corrected chi connectivity index (χ0v) is 12.5. The number of benzene rings is 1. The van der Waals surface area contributed by atoms with E-state index >= 15 is 0 Å². The van der Waals surface area contributed by atoms with Gasteiger partial charge in [0.05, 0.1) is 18.9 Å². The van der Waals surface area contributed by atoms with E-state index in [4.69, 9.17) is 15.2 Å². The van der Waals surface area contributed by atoms with E-state index < -0.39 is 0 Å². The molecule has 0 spiro atoms. The van der Waals surface area contributed by atoms with Crippen molar-refractivity contribution in [1.29, 1.82) is 0 Å². The van der Waals surface area contributed by atoms with Crippen LogP contribution < -0.4 is 15.2 Å². The van der Waals surface area contributed by atoms with E-state index in [-0.39, 0.29) is 5.41 Å². The molecule has 0 aliphatic carbocycles. The van der Waals surface area contributed by atoms with Gasteiger partial charge in [0.2, 0.25) is 0 Å². The fourth-order valence-corrected chi connectivity index (χ4v) is 1.42. The number of hydrogen-bond acceptors (Lipinski definition) is 3. The van der Waals surface area contributed by atoms with Crippen LogP contribution in [0.15, 0.2) is 23.2 Å². The van der Waals surface area contributed by atoms with Crippen molar-refractivity contribution in [2.24, 2.45) is 16.1 Å². The van der Waals surface area contributed by atoms with E-state index in [9.17, 15) is 0 Å². The van der Waals surface area contributed by atoms with E-state index in [1.54, 1.807) is 0 Å². The molecule has 0 bridgehead atoms. The summed E-state index contributed by atoms with van der Waals surface area (Å²) in [5.41, 5.74) is 6.61. The van der Waals surface area contributed by atoms with Crippen molar-refractivity contribution in [3.63, 3.8) is 0 Å². The summed E-state index contributed by atoms with van der Waals surface area (Å²) in [5.74, 6) is 2.03. The first-order valence-electron chi connectivity index (χ1n) is 6.62. The summed E-state index contributed by atoms with van der Waals surface area (Å²) in [6.07, 6.45) is 0. The lowest BCUT2D eigenvalue weighted by atomic mass is 9.95. The Hall–Kier alpha value is -1.71. The highest BCUT2D eigenvalue weighted by atomic mass is 16.5. The fourth-order valence-electron chi connectivity index (χ4n) is 1.42. The Morgan fingerprint density at radius 2 is 1.68 bits per heavy atom. The number of nitrogens with two attached hydrogens (primary N) is 1. The average Bonchev–Trinajstić information content (AvgIpc) is 2.32. The number of aliphatic imine (C=N–C) groups is 1. The minimum Gasteiger partial charge on any atom is -0.490 e. The standard InChI is InChI=1S/C15H24N2O2/c1-6-18-12-9-8-11(10-13(12)19-7-2)17-14(16)15(3,4)5/h8-10H,6-7H2,1-5H3,(H2,16,17). The monoisotopic (exact) mass is 264 g/mol. The van der Waals surface area contributed by atoms with Crippen molar-refractivity contribution in [2.45, 2.75) is 34.6 Å². The van der Waals surface area contributed by atoms with Crippen LogP contribution in [0.3, 0.4) is 0 Å². The lowest BCUT2D eigenvalue weighted by Gasteiger charge is -2.17. The van der Waals surface area contributed by atoms with Gasteiger partial charge in [0, 0.05) is 11.5 Å². The van der Waals surface area contributed by atoms with Gasteiger partial charge in [0.25, 0.3) is 0 Å². The van der Waals surface area contributed by atoms with Gasteiger partial charge in [-0.2, -0.15) is 0 Å². The van der Waals surface area contributed by atoms with Crippen molar-refractivity contribution < 1.29 is 9.47 Å². The first-order chi connectivity index (χ1) is 8.88. The lowest BCUT2D eigenvalue weighted by molar-refractivity contribution is 0.288. The maximum atomic E-state index is 5.98. The minimum absolute atomic E-state index is 0.148. The molecule has 2 N–H and O–H groups in total. The molecular weight excluding hydrogens is 240 g/mol. The molecule has 19 heavy (non-hydrogen) atoms. The number of hydrogen-bond donors (Lipinski definition) is 1. The zero-order valence-electron chi connectivity index (χ0n) is 12.5. The zero-order chi connectivity index (χ0) is 14.5. The molecule has 0 aromatic heterocycles. The smallest absolute Gasteiger partial charge is 0.163 e. The van der Waals surface area contributed by atoms with E-state index in [1.807, 2.05) is 52.8 Å². The number of ether oxygens (including phenoxy) is 2. The summed E-state index contributed by atoms with van der Waals surface area (Å²) in [7, 11) is 0. The first-order valence-corrected chi connectivity index (χ1v) is 6.62. The number of rotatable bonds is 5. The van der Waals surface area contributed by atoms with Gasteiger partial charge in [0.15, 0.2) is 11.5 Å². The maximum Gasteiger partial charge on any atom is 0.163 e. The van der Waals surface area contributed by atoms with Crippen molar-refractivity contribution in [1.82, 2.24) is 0 Å². The van der Waals surface area contributed by atoms with Crippen LogP contribution in [-0.2, 0) is 0 Å². The highest BCUT2D eigenvalue weighted by molar-refractivity contribution is 5.87. The van der Waals surface area contributed by atoms with Crippen LogP contribution in [-0.4, -0.2) is 19.0 Å². The molecule has 0 aliphatic rings. The lowest BCUT2D eigenvalue weighted by Crippen LogP contribution is -2.28. The Morgan fingerprint density at radius 1 is 1.11 bits per heavy atom. The first kappa shape index (κ1) is 15.3. The average molecular weight is 264 g/mol. The predicted octanol–water partition coefficient (Wildman–Crippen LogP) is 3.52. The van der Waals surface area contributed by atoms with Gasteiger partial charge in [-0.05, 0) is 26.0 Å². The molecule has 1 aromatic rings. The van der Waals surface area contributed by atoms with Gasteiger partial charge in [-0.1, -0.05) is 20.8 Å². The highest BCUT2D eigenvalue weighted by Crippen LogP contribution is 2.32. The molecule has 0 heterocycles. The third-order valence-corrected chi connectivity index (χ3v) is 2.54. The second-order valence-corrected chi connectivity index (χ2v) is 5.24. The van der Waals surface area contributed by atoms with E-state index in [0.717, 1.165) is 11.4 Å². The second kappa shape index (κ2) is 6.45. The third-order valence-electron chi connectivity index (χ3n) is 2.54. The quantitative estimate of drug-likeness (QED) is 0.654. The van der Waals surface area contributed by atoms with Crippen LogP contribution in [0.2, 0.25) is 0 Å². The molecule has 0 unspecified atom stereocenters. The summed E-state index contributed by atoms with van der Waals surface area (Å²) in [5, 5.41) is 0. The molecular formula is C15H24N2O2. The second-order valence-electron chi connectivity index (χ2n) is 5.24. The van der Waals surface area contributed by atoms with Crippen LogP contribution in [0.25, 0.3) is 0 Å². The molecule has 106 valence electrons. The van der Waals surface area contributed by atoms with E-state index in [1.165, 1.54) is 0 Å². The summed E-state index contributed by atoms with van der Waals surface area (Å²) >= 11 is 0. The third kappa shape index (κ3) is 4.47. The molecule has 4 heteroatoms. The normalized spacial score (nSPS) is 12.4. The molecule has 1 rings (SSSR count). The Balaban J connectivity index is 3.08. The topological polar surface area (TPSA) is 56.8 Å². The van der Waals surface area contributed by atoms with Gasteiger partial charge in [-0.15, -0.1) is 0 Å². The molecule has 0 fully saturated rings. The fraction of sp³-hybridized carbons (Fsp3) is 0.533. The number of amidine groups is 1. The molecule has 0 amide bonds. The largest absolute Gasteiger partial charge is 0.490 e. The summed E-state index contributed by atoms with van der Waals surface area (Å²) in [6, 6.07) is 5.60. The maximum absolute atomic E-state index is 5.98. The van der Waals surface area contributed by atoms with Gasteiger partial charge in [-0.3, -0.25) is 0 Å². The molecule has 4 nitrogen and oxygen atoms in total. The van der Waals surface area contributed by atoms with Crippen LogP contribution in [0.4, 0.5) is 5.69 Å². The van der Waals surface area contributed by atoms with Crippen LogP contribution in [0, 0.1) is 5.41 Å². The molecule has 0 saturated carbocycles. The molecule has 0 radical (unpaired) electrons. The summed E-state index contributed by atoms with van der Waals surface area (Å²) in [4.78, 5) is 4.43. The van der Waals surface area contributed by atoms with Crippen LogP contribution in [0.5, 0.6) is 11.5 Å². The Morgan fingerprint density at radius 3 is 2.21 bits per heavy atom. The van der Waals surface area contributed by atoms with Crippen LogP contribution >= 0.6 is 0 Å². The van der Waals surface area contributed by atoms with Crippen molar-refractivity contribution in [2.75, 3.05) is 13.2 Å². The van der Waals surface area contributed by atoms with Crippen molar-refractivity contribution in [3.05, 3.63) is 18.2 Å². The molecule has 0 atom stereocenters. The molecule has 0 saturated heterocycles. The molecule has 0 aliphatic heterocycles. The van der Waals surface area contributed by atoms with Gasteiger partial charge >= 0.3 is 0 Å². The Bertz CT molecular complexity index is 448. The minimum atomic E-state index is -0.148. The Kier molecular flexibility index (Phi) is 5.21. The van der Waals surface area contributed by atoms with Crippen LogP contribution in [0.1, 0.15) is 34.6 Å². The summed E-state index contributed by atoms with van der Waals surface area (Å²) < 4.78 is 11.1. The van der Waals surface area contributed by atoms with Gasteiger partial charge in [-0.25, -0.2) is 4.99 Å². The number of nitrogens with zero attached hydrogens (tertiary/aromatic N) is 1. The Labute approximate surface area is 115 Å². The van der Waals surface area contributed by atoms with E-state index in [0.29, 0.717) is 24.8 Å².